The van der Waals surface area contributed by atoms with Crippen LogP contribution in [-0.4, -0.2) is 34.8 Å². The van der Waals surface area contributed by atoms with E-state index in [1.165, 1.54) is 44.2 Å². The lowest BCUT2D eigenvalue weighted by molar-refractivity contribution is 0.185. The largest absolute Gasteiger partial charge is 0.329 e. The summed E-state index contributed by atoms with van der Waals surface area (Å²) in [4.78, 5) is 2.43. The summed E-state index contributed by atoms with van der Waals surface area (Å²) in [7, 11) is 2.21. The Morgan fingerprint density at radius 3 is 2.80 bits per heavy atom. The fourth-order valence-corrected chi connectivity index (χ4v) is 3.38. The Labute approximate surface area is 123 Å². The number of hydrogen-bond acceptors (Lipinski definition) is 3. The van der Waals surface area contributed by atoms with Gasteiger partial charge in [0.15, 0.2) is 0 Å². The zero-order valence-electron chi connectivity index (χ0n) is 13.1. The second kappa shape index (κ2) is 7.79. The van der Waals surface area contributed by atoms with E-state index in [0.717, 1.165) is 18.9 Å². The van der Waals surface area contributed by atoms with Gasteiger partial charge in [0.2, 0.25) is 0 Å². The van der Waals surface area contributed by atoms with Crippen molar-refractivity contribution < 1.29 is 0 Å². The van der Waals surface area contributed by atoms with E-state index >= 15 is 0 Å². The topological polar surface area (TPSA) is 47.1 Å². The third-order valence-electron chi connectivity index (χ3n) is 4.52. The number of hydrogen-bond donors (Lipinski definition) is 1. The van der Waals surface area contributed by atoms with Crippen LogP contribution in [0.1, 0.15) is 57.1 Å². The van der Waals surface area contributed by atoms with Crippen molar-refractivity contribution in [2.45, 2.75) is 58.0 Å². The van der Waals surface area contributed by atoms with Crippen LogP contribution >= 0.6 is 0 Å². The molecule has 4 nitrogen and oxygen atoms in total. The molecule has 0 spiro atoms. The number of likely N-dealkylation sites (N-methyl/N-ethyl adjacent to an activating group) is 1. The minimum absolute atomic E-state index is 0.308. The molecule has 0 saturated heterocycles. The molecule has 0 bridgehead atoms. The first kappa shape index (κ1) is 15.5. The lowest BCUT2D eigenvalue weighted by atomic mass is 9.88. The minimum Gasteiger partial charge on any atom is -0.329 e. The summed E-state index contributed by atoms with van der Waals surface area (Å²) in [5.74, 6) is 0.855. The molecule has 2 rings (SSSR count). The van der Waals surface area contributed by atoms with Gasteiger partial charge in [0.05, 0.1) is 6.20 Å². The molecule has 114 valence electrons. The third-order valence-corrected chi connectivity index (χ3v) is 4.52. The van der Waals surface area contributed by atoms with Gasteiger partial charge in [0, 0.05) is 37.4 Å². The second-order valence-electron chi connectivity index (χ2n) is 6.23. The molecule has 1 aliphatic carbocycles. The zero-order valence-corrected chi connectivity index (χ0v) is 13.1. The average molecular weight is 278 g/mol. The van der Waals surface area contributed by atoms with Crippen LogP contribution in [0.15, 0.2) is 12.4 Å². The van der Waals surface area contributed by atoms with E-state index in [2.05, 4.69) is 30.2 Å². The third kappa shape index (κ3) is 4.06. The quantitative estimate of drug-likeness (QED) is 0.834. The predicted molar refractivity (Wildman–Crippen MR) is 83.5 cm³/mol. The summed E-state index contributed by atoms with van der Waals surface area (Å²) in [5, 5.41) is 4.44. The Morgan fingerprint density at radius 2 is 2.15 bits per heavy atom. The fraction of sp³-hybridized carbons (Fsp3) is 0.812. The van der Waals surface area contributed by atoms with E-state index in [1.807, 2.05) is 10.9 Å². The average Bonchev–Trinajstić information content (AvgIpc) is 2.89. The van der Waals surface area contributed by atoms with Crippen LogP contribution in [0.5, 0.6) is 0 Å². The highest BCUT2D eigenvalue weighted by atomic mass is 15.3. The predicted octanol–water partition coefficient (Wildman–Crippen LogP) is 2.81. The highest BCUT2D eigenvalue weighted by molar-refractivity contribution is 5.11. The monoisotopic (exact) mass is 278 g/mol. The van der Waals surface area contributed by atoms with Crippen LogP contribution in [0.25, 0.3) is 0 Å². The molecule has 1 fully saturated rings. The SMILES string of the molecule is CCCn1cc(C(CN)N(C)CC2CCCCC2)cn1. The van der Waals surface area contributed by atoms with Crippen LogP contribution in [-0.2, 0) is 6.54 Å². The number of nitrogens with two attached hydrogens (primary N) is 1. The Bertz CT molecular complexity index is 382. The maximum Gasteiger partial charge on any atom is 0.0538 e. The van der Waals surface area contributed by atoms with Gasteiger partial charge in [-0.2, -0.15) is 5.10 Å². The standard InChI is InChI=1S/C16H30N4/c1-3-9-20-13-15(11-18-20)16(10-17)19(2)12-14-7-5-4-6-8-14/h11,13-14,16H,3-10,12,17H2,1-2H3. The summed E-state index contributed by atoms with van der Waals surface area (Å²) >= 11 is 0. The molecule has 4 heteroatoms. The molecule has 1 aromatic rings. The molecule has 1 saturated carbocycles. The molecule has 2 N–H and O–H groups in total. The van der Waals surface area contributed by atoms with Crippen molar-refractivity contribution in [2.24, 2.45) is 11.7 Å². The molecule has 0 radical (unpaired) electrons. The fourth-order valence-electron chi connectivity index (χ4n) is 3.38. The van der Waals surface area contributed by atoms with Crippen molar-refractivity contribution in [3.63, 3.8) is 0 Å². The van der Waals surface area contributed by atoms with Crippen LogP contribution in [0.4, 0.5) is 0 Å². The first-order valence-electron chi connectivity index (χ1n) is 8.17. The molecular formula is C16H30N4. The molecule has 1 atom stereocenters. The van der Waals surface area contributed by atoms with Gasteiger partial charge in [-0.1, -0.05) is 26.2 Å². The van der Waals surface area contributed by atoms with Gasteiger partial charge in [-0.3, -0.25) is 9.58 Å². The van der Waals surface area contributed by atoms with Crippen LogP contribution in [0.3, 0.4) is 0 Å². The number of nitrogens with zero attached hydrogens (tertiary/aromatic N) is 3. The smallest absolute Gasteiger partial charge is 0.0538 e. The van der Waals surface area contributed by atoms with Gasteiger partial charge < -0.3 is 5.73 Å². The molecule has 20 heavy (non-hydrogen) atoms. The lowest BCUT2D eigenvalue weighted by Gasteiger charge is -2.31. The molecule has 0 aliphatic heterocycles. The number of aromatic nitrogens is 2. The molecule has 0 aromatic carbocycles. The number of aryl methyl sites for hydroxylation is 1. The van der Waals surface area contributed by atoms with Crippen molar-refractivity contribution in [3.8, 4) is 0 Å². The first-order valence-corrected chi connectivity index (χ1v) is 8.17. The lowest BCUT2D eigenvalue weighted by Crippen LogP contribution is -2.34. The zero-order chi connectivity index (χ0) is 14.4. The van der Waals surface area contributed by atoms with E-state index in [4.69, 9.17) is 5.73 Å². The Balaban J connectivity index is 1.94. The summed E-state index contributed by atoms with van der Waals surface area (Å²) in [5.41, 5.74) is 7.28. The maximum atomic E-state index is 6.02. The van der Waals surface area contributed by atoms with E-state index in [-0.39, 0.29) is 0 Å². The molecular weight excluding hydrogens is 248 g/mol. The van der Waals surface area contributed by atoms with Crippen LogP contribution in [0, 0.1) is 5.92 Å². The summed E-state index contributed by atoms with van der Waals surface area (Å²) in [6.07, 6.45) is 12.3. The normalized spacial score (nSPS) is 18.6. The van der Waals surface area contributed by atoms with Gasteiger partial charge >= 0.3 is 0 Å². The molecule has 1 heterocycles. The van der Waals surface area contributed by atoms with Crippen molar-refractivity contribution in [3.05, 3.63) is 18.0 Å². The minimum atomic E-state index is 0.308. The molecule has 1 unspecified atom stereocenters. The van der Waals surface area contributed by atoms with E-state index < -0.39 is 0 Å². The summed E-state index contributed by atoms with van der Waals surface area (Å²) in [6, 6.07) is 0.308. The first-order chi connectivity index (χ1) is 9.74. The van der Waals surface area contributed by atoms with Gasteiger partial charge in [-0.05, 0) is 32.2 Å². The van der Waals surface area contributed by atoms with E-state index in [9.17, 15) is 0 Å². The van der Waals surface area contributed by atoms with Crippen LogP contribution < -0.4 is 5.73 Å². The van der Waals surface area contributed by atoms with Crippen LogP contribution in [0.2, 0.25) is 0 Å². The van der Waals surface area contributed by atoms with Crippen molar-refractivity contribution in [1.82, 2.24) is 14.7 Å². The van der Waals surface area contributed by atoms with Gasteiger partial charge in [0.1, 0.15) is 0 Å². The second-order valence-corrected chi connectivity index (χ2v) is 6.23. The van der Waals surface area contributed by atoms with Gasteiger partial charge in [0.25, 0.3) is 0 Å². The Hall–Kier alpha value is -0.870. The van der Waals surface area contributed by atoms with Crippen molar-refractivity contribution in [2.75, 3.05) is 20.1 Å². The number of rotatable bonds is 7. The van der Waals surface area contributed by atoms with E-state index in [0.29, 0.717) is 12.6 Å². The van der Waals surface area contributed by atoms with Crippen molar-refractivity contribution in [1.29, 1.82) is 0 Å². The molecule has 1 aliphatic rings. The molecule has 1 aromatic heterocycles. The highest BCUT2D eigenvalue weighted by Crippen LogP contribution is 2.27. The van der Waals surface area contributed by atoms with Gasteiger partial charge in [-0.15, -0.1) is 0 Å². The Morgan fingerprint density at radius 1 is 1.40 bits per heavy atom. The van der Waals surface area contributed by atoms with Gasteiger partial charge in [-0.25, -0.2) is 0 Å². The maximum absolute atomic E-state index is 6.02. The van der Waals surface area contributed by atoms with Crippen molar-refractivity contribution >= 4 is 0 Å². The Kier molecular flexibility index (Phi) is 6.05. The summed E-state index contributed by atoms with van der Waals surface area (Å²) in [6.45, 7) is 5.00. The molecule has 0 amide bonds. The summed E-state index contributed by atoms with van der Waals surface area (Å²) < 4.78 is 2.03. The highest BCUT2D eigenvalue weighted by Gasteiger charge is 2.21. The van der Waals surface area contributed by atoms with E-state index in [1.54, 1.807) is 0 Å².